The van der Waals surface area contributed by atoms with Crippen LogP contribution in [0.4, 0.5) is 0 Å². The number of aromatic hydroxyl groups is 2. The molecule has 1 aromatic heterocycles. The second kappa shape index (κ2) is 23.8. The van der Waals surface area contributed by atoms with Gasteiger partial charge in [-0.1, -0.05) is 79.4 Å². The van der Waals surface area contributed by atoms with Crippen molar-refractivity contribution in [3.05, 3.63) is 159 Å². The van der Waals surface area contributed by atoms with Gasteiger partial charge in [0, 0.05) is 73.0 Å². The van der Waals surface area contributed by atoms with Crippen molar-refractivity contribution in [2.24, 2.45) is 17.4 Å². The van der Waals surface area contributed by atoms with Gasteiger partial charge >= 0.3 is 0 Å². The molecular formula is C54H64N4O7. The van der Waals surface area contributed by atoms with Crippen LogP contribution in [0, 0.1) is 17.8 Å². The van der Waals surface area contributed by atoms with Crippen molar-refractivity contribution in [2.75, 3.05) is 19.8 Å². The van der Waals surface area contributed by atoms with Crippen molar-refractivity contribution in [3.63, 3.8) is 0 Å². The Balaban J connectivity index is 1.02. The number of benzene rings is 4. The van der Waals surface area contributed by atoms with Gasteiger partial charge in [-0.05, 0) is 121 Å². The Morgan fingerprint density at radius 2 is 1.71 bits per heavy atom. The molecule has 0 fully saturated rings. The van der Waals surface area contributed by atoms with Crippen LogP contribution in [0.15, 0.2) is 103 Å². The third-order valence-corrected chi connectivity index (χ3v) is 12.3. The van der Waals surface area contributed by atoms with Crippen molar-refractivity contribution in [2.45, 2.75) is 102 Å². The zero-order valence-electron chi connectivity index (χ0n) is 37.6. The molecule has 1 heterocycles. The van der Waals surface area contributed by atoms with Crippen LogP contribution in [0.5, 0.6) is 17.2 Å². The summed E-state index contributed by atoms with van der Waals surface area (Å²) in [6.07, 6.45) is 10.0. The van der Waals surface area contributed by atoms with E-state index in [1.54, 1.807) is 49.5 Å². The number of H-pyrrole nitrogens is 1. The quantitative estimate of drug-likeness (QED) is 0.0151. The van der Waals surface area contributed by atoms with Crippen LogP contribution in [0.2, 0.25) is 0 Å². The SMILES string of the molecule is C[C@H](O)CN[C@H](Cc1ccccc1CCO)[C@H](C)CCC/C=C/C(=O)CCc1ccc(O)c(OCCc2ccc(O)c([C@H]3CC(=O)c4cc[nH]c4CC#Cc4cc(C(N)N)ccc43)c2)c1. The lowest BCUT2D eigenvalue weighted by Crippen LogP contribution is -2.40. The summed E-state index contributed by atoms with van der Waals surface area (Å²) in [7, 11) is 0. The molecular weight excluding hydrogens is 817 g/mol. The number of fused-ring (bicyclic) bond motifs is 2. The average molecular weight is 881 g/mol. The molecule has 342 valence electrons. The minimum atomic E-state index is -0.699. The molecule has 10 N–H and O–H groups in total. The van der Waals surface area contributed by atoms with Crippen LogP contribution in [0.1, 0.15) is 119 Å². The van der Waals surface area contributed by atoms with Gasteiger partial charge in [0.25, 0.3) is 0 Å². The van der Waals surface area contributed by atoms with Crippen LogP contribution in [-0.2, 0) is 36.9 Å². The number of nitrogens with two attached hydrogens (primary N) is 2. The van der Waals surface area contributed by atoms with Gasteiger partial charge in [0.05, 0.1) is 25.3 Å². The number of aromatic nitrogens is 1. The average Bonchev–Trinajstić information content (AvgIpc) is 3.77. The Kier molecular flexibility index (Phi) is 17.7. The maximum Gasteiger partial charge on any atom is 0.165 e. The monoisotopic (exact) mass is 880 g/mol. The highest BCUT2D eigenvalue weighted by atomic mass is 16.5. The molecule has 1 aliphatic rings. The smallest absolute Gasteiger partial charge is 0.165 e. The molecule has 5 aromatic rings. The fourth-order valence-electron chi connectivity index (χ4n) is 8.54. The van der Waals surface area contributed by atoms with Gasteiger partial charge in [-0.15, -0.1) is 0 Å². The molecule has 1 aliphatic carbocycles. The van der Waals surface area contributed by atoms with Crippen LogP contribution in [0.3, 0.4) is 0 Å². The largest absolute Gasteiger partial charge is 0.508 e. The second-order valence-corrected chi connectivity index (χ2v) is 17.3. The number of aliphatic hydroxyl groups excluding tert-OH is 2. The predicted octanol–water partition coefficient (Wildman–Crippen LogP) is 7.26. The number of carbonyl (C=O) groups excluding carboxylic acids is 2. The number of allylic oxidation sites excluding steroid dienone is 2. The summed E-state index contributed by atoms with van der Waals surface area (Å²) in [6.45, 7) is 4.83. The molecule has 11 heteroatoms. The van der Waals surface area contributed by atoms with Crippen molar-refractivity contribution >= 4 is 11.6 Å². The highest BCUT2D eigenvalue weighted by molar-refractivity contribution is 5.98. The molecule has 0 spiro atoms. The number of phenolic OH excluding ortho intramolecular Hbond substituents is 2. The third kappa shape index (κ3) is 13.8. The van der Waals surface area contributed by atoms with Crippen molar-refractivity contribution < 1.29 is 34.8 Å². The number of aryl methyl sites for hydroxylation is 1. The Bertz CT molecular complexity index is 2480. The van der Waals surface area contributed by atoms with E-state index in [-0.39, 0.29) is 48.7 Å². The Morgan fingerprint density at radius 3 is 2.48 bits per heavy atom. The highest BCUT2D eigenvalue weighted by Gasteiger charge is 2.27. The number of ether oxygens (including phenoxy) is 1. The first-order valence-corrected chi connectivity index (χ1v) is 22.8. The number of Topliss-reactive ketones (excluding diaryl/α,β-unsaturated/α-hetero) is 1. The zero-order chi connectivity index (χ0) is 46.3. The highest BCUT2D eigenvalue weighted by Crippen LogP contribution is 2.38. The van der Waals surface area contributed by atoms with Crippen LogP contribution < -0.4 is 21.5 Å². The minimum absolute atomic E-state index is 0.00305. The fourth-order valence-corrected chi connectivity index (χ4v) is 8.54. The van der Waals surface area contributed by atoms with E-state index in [4.69, 9.17) is 16.2 Å². The number of rotatable bonds is 22. The lowest BCUT2D eigenvalue weighted by Gasteiger charge is -2.27. The number of nitrogens with one attached hydrogen (secondary N) is 2. The molecule has 4 atom stereocenters. The van der Waals surface area contributed by atoms with E-state index in [1.165, 1.54) is 5.56 Å². The zero-order valence-corrected chi connectivity index (χ0v) is 37.6. The number of aromatic amines is 1. The summed E-state index contributed by atoms with van der Waals surface area (Å²) in [4.78, 5) is 29.8. The van der Waals surface area contributed by atoms with Gasteiger partial charge in [0.1, 0.15) is 5.75 Å². The van der Waals surface area contributed by atoms with Crippen LogP contribution >= 0.6 is 0 Å². The first kappa shape index (κ1) is 48.5. The summed E-state index contributed by atoms with van der Waals surface area (Å²) in [6, 6.07) is 26.2. The summed E-state index contributed by atoms with van der Waals surface area (Å²) < 4.78 is 6.08. The van der Waals surface area contributed by atoms with Crippen molar-refractivity contribution in [1.29, 1.82) is 0 Å². The summed E-state index contributed by atoms with van der Waals surface area (Å²) in [5.74, 6) is 6.60. The predicted molar refractivity (Wildman–Crippen MR) is 255 cm³/mol. The van der Waals surface area contributed by atoms with E-state index in [2.05, 4.69) is 41.2 Å². The first-order chi connectivity index (χ1) is 31.4. The molecule has 6 rings (SSSR count). The fraction of sp³-hybridized carbons (Fsp3) is 0.370. The maximum atomic E-state index is 13.8. The number of aliphatic hydroxyl groups is 2. The lowest BCUT2D eigenvalue weighted by atomic mass is 9.81. The molecule has 0 bridgehead atoms. The first-order valence-electron chi connectivity index (χ1n) is 22.8. The Hall–Kier alpha value is -6.00. The topological polar surface area (TPSA) is 204 Å². The molecule has 0 saturated carbocycles. The molecule has 0 unspecified atom stereocenters. The van der Waals surface area contributed by atoms with E-state index < -0.39 is 18.2 Å². The van der Waals surface area contributed by atoms with E-state index in [9.17, 15) is 30.0 Å². The molecule has 0 amide bonds. The van der Waals surface area contributed by atoms with Gasteiger partial charge < -0.3 is 46.9 Å². The van der Waals surface area contributed by atoms with E-state index in [0.717, 1.165) is 53.6 Å². The van der Waals surface area contributed by atoms with E-state index in [0.29, 0.717) is 72.6 Å². The number of carbonyl (C=O) groups is 2. The van der Waals surface area contributed by atoms with Crippen LogP contribution in [0.25, 0.3) is 0 Å². The maximum absolute atomic E-state index is 13.8. The number of ketones is 2. The summed E-state index contributed by atoms with van der Waals surface area (Å²) >= 11 is 0. The second-order valence-electron chi connectivity index (χ2n) is 17.3. The number of phenols is 2. The lowest BCUT2D eigenvalue weighted by molar-refractivity contribution is -0.114. The Morgan fingerprint density at radius 1 is 0.938 bits per heavy atom. The van der Waals surface area contributed by atoms with Gasteiger partial charge in [0.2, 0.25) is 0 Å². The van der Waals surface area contributed by atoms with Gasteiger partial charge in [0.15, 0.2) is 23.1 Å². The van der Waals surface area contributed by atoms with Gasteiger partial charge in [-0.25, -0.2) is 0 Å². The van der Waals surface area contributed by atoms with Crippen LogP contribution in [-0.4, -0.2) is 68.9 Å². The number of hydrogen-bond acceptors (Lipinski definition) is 10. The number of hydrogen-bond donors (Lipinski definition) is 8. The normalized spacial score (nSPS) is 15.2. The molecule has 65 heavy (non-hydrogen) atoms. The molecule has 0 aliphatic heterocycles. The van der Waals surface area contributed by atoms with Gasteiger partial charge in [-0.2, -0.15) is 0 Å². The molecule has 0 radical (unpaired) electrons. The minimum Gasteiger partial charge on any atom is -0.508 e. The number of unbranched alkanes of at least 4 members (excludes halogenated alkanes) is 1. The summed E-state index contributed by atoms with van der Waals surface area (Å²) in [5, 5.41) is 45.0. The molecule has 11 nitrogen and oxygen atoms in total. The van der Waals surface area contributed by atoms with Crippen molar-refractivity contribution in [3.8, 4) is 29.1 Å². The van der Waals surface area contributed by atoms with Gasteiger partial charge in [-0.3, -0.25) is 9.59 Å². The standard InChI is InChI=1S/C54H64N4O7/c1-35(49(58-34-36(2)60)32-40-11-7-6-10-39(40)24-27-59)9-4-3-5-13-43(61)19-15-37-17-22-51(63)53(30-37)65-28-25-38-16-21-50(62)47(29-38)46-33-52(64)45-23-26-57-48(45)14-8-12-41-31-42(54(55)56)18-20-44(41)46/h5-7,10-11,13,16-18,20-23,26,29-31,35-36,46,49,54,57-60,62-63H,3-4,9,14-15,19,24-25,27-28,32-34,55-56H2,1-2H3/b13-5+/t35-,36+,46+,49-/m1/s1. The van der Waals surface area contributed by atoms with E-state index in [1.807, 2.05) is 48.5 Å². The van der Waals surface area contributed by atoms with E-state index >= 15 is 0 Å². The Labute approximate surface area is 383 Å². The third-order valence-electron chi connectivity index (χ3n) is 12.3. The van der Waals surface area contributed by atoms with Crippen molar-refractivity contribution in [1.82, 2.24) is 10.3 Å². The molecule has 4 aromatic carbocycles. The molecule has 0 saturated heterocycles. The summed E-state index contributed by atoms with van der Waals surface area (Å²) in [5.41, 5.74) is 20.2.